The van der Waals surface area contributed by atoms with Crippen LogP contribution in [0.1, 0.15) is 38.7 Å². The monoisotopic (exact) mass is 310 g/mol. The van der Waals surface area contributed by atoms with Crippen LogP contribution in [0.3, 0.4) is 0 Å². The van der Waals surface area contributed by atoms with Crippen LogP contribution in [0.2, 0.25) is 0 Å². The van der Waals surface area contributed by atoms with Crippen LogP contribution in [-0.4, -0.2) is 36.6 Å². The third-order valence-electron chi connectivity index (χ3n) is 4.08. The number of nitrogens with zero attached hydrogens (tertiary/aromatic N) is 1. The van der Waals surface area contributed by atoms with Gasteiger partial charge in [0.2, 0.25) is 5.91 Å². The summed E-state index contributed by atoms with van der Waals surface area (Å²) in [6, 6.07) is 4.10. The number of rotatable bonds is 6. The summed E-state index contributed by atoms with van der Waals surface area (Å²) < 4.78 is 5.37. The van der Waals surface area contributed by atoms with Crippen LogP contribution >= 0.6 is 11.3 Å². The maximum absolute atomic E-state index is 12.9. The molecule has 0 saturated carbocycles. The molecule has 1 amide bonds. The number of methoxy groups -OCH3 is 1. The molecule has 0 aromatic carbocycles. The number of ether oxygens (including phenoxy) is 1. The largest absolute Gasteiger partial charge is 0.383 e. The highest BCUT2D eigenvalue weighted by Crippen LogP contribution is 2.34. The van der Waals surface area contributed by atoms with Crippen molar-refractivity contribution in [2.45, 2.75) is 45.9 Å². The molecule has 21 heavy (non-hydrogen) atoms. The first-order valence-corrected chi connectivity index (χ1v) is 8.45. The average Bonchev–Trinajstić information content (AvgIpc) is 3.03. The molecule has 0 bridgehead atoms. The van der Waals surface area contributed by atoms with Crippen LogP contribution in [0.15, 0.2) is 17.5 Å². The minimum Gasteiger partial charge on any atom is -0.383 e. The molecule has 1 aliphatic rings. The molecule has 3 atom stereocenters. The second kappa shape index (κ2) is 6.90. The SMILES string of the molecule is COCC(C(C)C)N1C(=O)C(C(C)C)NC1c1cccs1. The number of amides is 1. The third-order valence-corrected chi connectivity index (χ3v) is 5.00. The number of thiophene rings is 1. The molecule has 2 heterocycles. The molecule has 1 fully saturated rings. The van der Waals surface area contributed by atoms with E-state index in [0.717, 1.165) is 0 Å². The highest BCUT2D eigenvalue weighted by molar-refractivity contribution is 7.10. The first-order chi connectivity index (χ1) is 9.97. The summed E-state index contributed by atoms with van der Waals surface area (Å²) in [6.07, 6.45) is -0.0348. The minimum absolute atomic E-state index is 0.0348. The van der Waals surface area contributed by atoms with Crippen LogP contribution in [0, 0.1) is 11.8 Å². The van der Waals surface area contributed by atoms with Crippen LogP contribution in [-0.2, 0) is 9.53 Å². The number of carbonyl (C=O) groups is 1. The zero-order valence-corrected chi connectivity index (χ0v) is 14.3. The molecule has 1 N–H and O–H groups in total. The Hall–Kier alpha value is -0.910. The maximum atomic E-state index is 12.9. The van der Waals surface area contributed by atoms with Gasteiger partial charge in [-0.2, -0.15) is 0 Å². The number of nitrogens with one attached hydrogen (secondary N) is 1. The van der Waals surface area contributed by atoms with Gasteiger partial charge in [0.1, 0.15) is 6.17 Å². The Morgan fingerprint density at radius 1 is 1.38 bits per heavy atom. The van der Waals surface area contributed by atoms with Gasteiger partial charge in [-0.25, -0.2) is 0 Å². The first kappa shape index (κ1) is 16.5. The molecule has 0 aliphatic carbocycles. The molecule has 0 radical (unpaired) electrons. The van der Waals surface area contributed by atoms with Crippen molar-refractivity contribution in [1.29, 1.82) is 0 Å². The number of hydrogen-bond donors (Lipinski definition) is 1. The smallest absolute Gasteiger partial charge is 0.241 e. The molecule has 118 valence electrons. The second-order valence-corrected chi connectivity index (χ2v) is 7.30. The third kappa shape index (κ3) is 3.30. The molecule has 4 nitrogen and oxygen atoms in total. The average molecular weight is 310 g/mol. The van der Waals surface area contributed by atoms with E-state index in [2.05, 4.69) is 44.5 Å². The van der Waals surface area contributed by atoms with E-state index < -0.39 is 0 Å². The Morgan fingerprint density at radius 2 is 2.10 bits per heavy atom. The van der Waals surface area contributed by atoms with Gasteiger partial charge in [-0.05, 0) is 23.3 Å². The van der Waals surface area contributed by atoms with E-state index in [1.54, 1.807) is 18.4 Å². The second-order valence-electron chi connectivity index (χ2n) is 6.32. The first-order valence-electron chi connectivity index (χ1n) is 7.58. The summed E-state index contributed by atoms with van der Waals surface area (Å²) in [5.74, 6) is 0.823. The van der Waals surface area contributed by atoms with Gasteiger partial charge in [-0.15, -0.1) is 11.3 Å². The molecule has 1 saturated heterocycles. The topological polar surface area (TPSA) is 41.6 Å². The van der Waals surface area contributed by atoms with E-state index in [0.29, 0.717) is 12.5 Å². The molecular formula is C16H26N2O2S. The summed E-state index contributed by atoms with van der Waals surface area (Å²) in [5, 5.41) is 5.58. The molecule has 1 aromatic rings. The Balaban J connectivity index is 2.34. The lowest BCUT2D eigenvalue weighted by Gasteiger charge is -2.34. The Bertz CT molecular complexity index is 459. The highest BCUT2D eigenvalue weighted by Gasteiger charge is 2.45. The van der Waals surface area contributed by atoms with Crippen molar-refractivity contribution in [3.63, 3.8) is 0 Å². The fourth-order valence-corrected chi connectivity index (χ4v) is 3.65. The van der Waals surface area contributed by atoms with Crippen molar-refractivity contribution in [2.24, 2.45) is 11.8 Å². The maximum Gasteiger partial charge on any atom is 0.241 e. The van der Waals surface area contributed by atoms with Gasteiger partial charge >= 0.3 is 0 Å². The lowest BCUT2D eigenvalue weighted by molar-refractivity contribution is -0.135. The summed E-state index contributed by atoms with van der Waals surface area (Å²) in [5.41, 5.74) is 0. The molecule has 0 spiro atoms. The van der Waals surface area contributed by atoms with Gasteiger partial charge in [0.25, 0.3) is 0 Å². The zero-order valence-electron chi connectivity index (χ0n) is 13.5. The number of carbonyl (C=O) groups excluding carboxylic acids is 1. The van der Waals surface area contributed by atoms with Crippen LogP contribution < -0.4 is 5.32 Å². The molecule has 3 unspecified atom stereocenters. The summed E-state index contributed by atoms with van der Waals surface area (Å²) in [7, 11) is 1.70. The fourth-order valence-electron chi connectivity index (χ4n) is 2.87. The van der Waals surface area contributed by atoms with Crippen molar-refractivity contribution in [1.82, 2.24) is 10.2 Å². The van der Waals surface area contributed by atoms with Gasteiger partial charge in [-0.3, -0.25) is 10.1 Å². The van der Waals surface area contributed by atoms with Crippen LogP contribution in [0.4, 0.5) is 0 Å². The Labute approximate surface area is 131 Å². The molecule has 2 rings (SSSR count). The van der Waals surface area contributed by atoms with Crippen molar-refractivity contribution in [3.8, 4) is 0 Å². The van der Waals surface area contributed by atoms with Crippen molar-refractivity contribution >= 4 is 17.2 Å². The van der Waals surface area contributed by atoms with Gasteiger partial charge in [0, 0.05) is 12.0 Å². The Morgan fingerprint density at radius 3 is 2.57 bits per heavy atom. The van der Waals surface area contributed by atoms with Crippen LogP contribution in [0.5, 0.6) is 0 Å². The predicted molar refractivity (Wildman–Crippen MR) is 86.2 cm³/mol. The van der Waals surface area contributed by atoms with E-state index in [-0.39, 0.29) is 30.1 Å². The minimum atomic E-state index is -0.116. The van der Waals surface area contributed by atoms with E-state index in [1.165, 1.54) is 4.88 Å². The van der Waals surface area contributed by atoms with E-state index in [1.807, 2.05) is 11.0 Å². The molecule has 1 aliphatic heterocycles. The summed E-state index contributed by atoms with van der Waals surface area (Å²) in [6.45, 7) is 9.03. The molecular weight excluding hydrogens is 284 g/mol. The lowest BCUT2D eigenvalue weighted by Crippen LogP contribution is -2.46. The van der Waals surface area contributed by atoms with Gasteiger partial charge in [0.05, 0.1) is 18.7 Å². The lowest BCUT2D eigenvalue weighted by atomic mass is 10.0. The quantitative estimate of drug-likeness (QED) is 0.878. The standard InChI is InChI=1S/C16H26N2O2S/c1-10(2)12(9-20-5)18-15(13-7-6-8-21-13)17-14(11(3)4)16(18)19/h6-8,10-12,14-15,17H,9H2,1-5H3. The van der Waals surface area contributed by atoms with Gasteiger partial charge < -0.3 is 9.64 Å². The van der Waals surface area contributed by atoms with Crippen LogP contribution in [0.25, 0.3) is 0 Å². The molecule has 5 heteroatoms. The normalized spacial score (nSPS) is 24.3. The summed E-state index contributed by atoms with van der Waals surface area (Å²) >= 11 is 1.69. The van der Waals surface area contributed by atoms with Crippen molar-refractivity contribution in [2.75, 3.05) is 13.7 Å². The van der Waals surface area contributed by atoms with E-state index in [9.17, 15) is 4.79 Å². The fraction of sp³-hybridized carbons (Fsp3) is 0.688. The predicted octanol–water partition coefficient (Wildman–Crippen LogP) is 2.87. The van der Waals surface area contributed by atoms with Crippen molar-refractivity contribution in [3.05, 3.63) is 22.4 Å². The van der Waals surface area contributed by atoms with Gasteiger partial charge in [0.15, 0.2) is 0 Å². The Kier molecular flexibility index (Phi) is 5.41. The van der Waals surface area contributed by atoms with E-state index in [4.69, 9.17) is 4.74 Å². The van der Waals surface area contributed by atoms with Gasteiger partial charge in [-0.1, -0.05) is 33.8 Å². The van der Waals surface area contributed by atoms with E-state index >= 15 is 0 Å². The number of hydrogen-bond acceptors (Lipinski definition) is 4. The zero-order chi connectivity index (χ0) is 15.6. The molecule has 1 aromatic heterocycles. The van der Waals surface area contributed by atoms with Crippen molar-refractivity contribution < 1.29 is 9.53 Å². The summed E-state index contributed by atoms with van der Waals surface area (Å²) in [4.78, 5) is 16.1. The highest BCUT2D eigenvalue weighted by atomic mass is 32.1.